The summed E-state index contributed by atoms with van der Waals surface area (Å²) < 4.78 is 6.32. The molecule has 3 heterocycles. The molecule has 2 bridgehead atoms. The van der Waals surface area contributed by atoms with E-state index in [1.54, 1.807) is 0 Å². The number of aliphatic hydroxyl groups is 1. The maximum atomic E-state index is 13.9. The third kappa shape index (κ3) is 4.38. The topological polar surface area (TPSA) is 166 Å². The van der Waals surface area contributed by atoms with Crippen molar-refractivity contribution in [3.8, 4) is 0 Å². The van der Waals surface area contributed by atoms with Gasteiger partial charge in [-0.05, 0) is 54.8 Å². The molecule has 2 aromatic heterocycles. The summed E-state index contributed by atoms with van der Waals surface area (Å²) in [5.74, 6) is 5.61. The first-order chi connectivity index (χ1) is 20.4. The van der Waals surface area contributed by atoms with Crippen LogP contribution in [0.3, 0.4) is 0 Å². The van der Waals surface area contributed by atoms with Gasteiger partial charge in [0.2, 0.25) is 17.1 Å². The molecular weight excluding hydrogens is 550 g/mol. The summed E-state index contributed by atoms with van der Waals surface area (Å²) in [5.41, 5.74) is -2.57. The summed E-state index contributed by atoms with van der Waals surface area (Å²) in [4.78, 5) is 53.0. The number of nitrogens with one attached hydrogen (secondary N) is 1. The van der Waals surface area contributed by atoms with Gasteiger partial charge in [-0.1, -0.05) is 34.6 Å². The Balaban J connectivity index is 1.40. The second-order valence-electron chi connectivity index (χ2n) is 14.0. The van der Waals surface area contributed by atoms with Crippen LogP contribution in [0.15, 0.2) is 11.0 Å². The Morgan fingerprint density at radius 1 is 1.21 bits per heavy atom. The van der Waals surface area contributed by atoms with E-state index in [-0.39, 0.29) is 40.0 Å². The van der Waals surface area contributed by atoms with Crippen molar-refractivity contribution in [2.24, 2.45) is 34.0 Å². The van der Waals surface area contributed by atoms with E-state index in [1.165, 1.54) is 6.20 Å². The molecule has 4 N–H and O–H groups in total. The van der Waals surface area contributed by atoms with Crippen molar-refractivity contribution in [1.82, 2.24) is 25.2 Å². The summed E-state index contributed by atoms with van der Waals surface area (Å²) >= 11 is 0. The Morgan fingerprint density at radius 2 is 1.93 bits per heavy atom. The molecule has 4 aliphatic rings. The molecule has 3 saturated carbocycles. The van der Waals surface area contributed by atoms with Crippen molar-refractivity contribution in [2.75, 3.05) is 36.9 Å². The average Bonchev–Trinajstić information content (AvgIpc) is 3.37. The second kappa shape index (κ2) is 10.5. The van der Waals surface area contributed by atoms with Crippen LogP contribution in [-0.4, -0.2) is 75.1 Å². The number of fused-ring (bicyclic) bond motifs is 1. The highest BCUT2D eigenvalue weighted by atomic mass is 16.5. The second-order valence-corrected chi connectivity index (χ2v) is 14.0. The van der Waals surface area contributed by atoms with Gasteiger partial charge in [0.15, 0.2) is 5.65 Å². The minimum Gasteiger partial charge on any atom is -0.457 e. The normalized spacial score (nSPS) is 38.0. The predicted molar refractivity (Wildman–Crippen MR) is 161 cm³/mol. The number of esters is 1. The van der Waals surface area contributed by atoms with Gasteiger partial charge in [0.1, 0.15) is 11.9 Å². The number of nitrogens with two attached hydrogens (primary N) is 1. The molecular formula is C31H45N7O5. The number of hydrogen-bond acceptors (Lipinski definition) is 11. The number of nitrogen functional groups attached to an aromatic ring is 1. The van der Waals surface area contributed by atoms with E-state index in [0.717, 1.165) is 37.1 Å². The van der Waals surface area contributed by atoms with E-state index in [4.69, 9.17) is 10.6 Å². The van der Waals surface area contributed by atoms with Crippen LogP contribution in [0.2, 0.25) is 0 Å². The Bertz CT molecular complexity index is 1510. The molecule has 12 nitrogen and oxygen atoms in total. The van der Waals surface area contributed by atoms with Crippen LogP contribution in [0.4, 0.5) is 5.95 Å². The summed E-state index contributed by atoms with van der Waals surface area (Å²) in [5, 5.41) is 19.3. The van der Waals surface area contributed by atoms with E-state index >= 15 is 0 Å². The third-order valence-electron chi connectivity index (χ3n) is 12.2. The summed E-state index contributed by atoms with van der Waals surface area (Å²) in [6.45, 7) is 13.4. The lowest BCUT2D eigenvalue weighted by Crippen LogP contribution is -2.63. The first-order valence-corrected chi connectivity index (χ1v) is 15.8. The monoisotopic (exact) mass is 595 g/mol. The van der Waals surface area contributed by atoms with Crippen molar-refractivity contribution in [1.29, 1.82) is 0 Å². The molecule has 2 aromatic rings. The van der Waals surface area contributed by atoms with Crippen molar-refractivity contribution < 1.29 is 19.4 Å². The number of aromatic nitrogens is 4. The quantitative estimate of drug-likeness (QED) is 0.350. The Morgan fingerprint density at radius 3 is 2.63 bits per heavy atom. The van der Waals surface area contributed by atoms with Crippen LogP contribution in [0, 0.1) is 34.0 Å². The van der Waals surface area contributed by atoms with Gasteiger partial charge in [-0.3, -0.25) is 9.59 Å². The number of nitrogens with zero attached hydrogens (tertiary/aromatic N) is 5. The largest absolute Gasteiger partial charge is 0.457 e. The van der Waals surface area contributed by atoms with Crippen molar-refractivity contribution in [3.63, 3.8) is 0 Å². The van der Waals surface area contributed by atoms with Gasteiger partial charge < -0.3 is 25.9 Å². The molecule has 1 aliphatic heterocycles. The lowest BCUT2D eigenvalue weighted by atomic mass is 9.43. The number of rotatable bonds is 4. The number of carbonyl (C=O) groups is 2. The standard InChI is InChI=1S/C31H45N7O5/c1-6-29(4)15-21(30(5)17(2)7-9-31(18(3)25(29)41)10-8-20(39)24(30)31)43-27(42)22-23(40)19-16-34-28(35-26(19)38(32)36-22)37-13-11-33-12-14-37/h16-18,21,24-25,33,41H,6-15,32H2,1-5H3/t17?,18-,21+,24?,25-,29+,30-,31-/m0/s1. The minimum atomic E-state index is -0.890. The number of carbonyl (C=O) groups excluding carboxylic acids is 2. The van der Waals surface area contributed by atoms with Gasteiger partial charge in [-0.15, -0.1) is 5.10 Å². The Labute approximate surface area is 251 Å². The smallest absolute Gasteiger partial charge is 0.363 e. The van der Waals surface area contributed by atoms with Gasteiger partial charge in [0.25, 0.3) is 0 Å². The summed E-state index contributed by atoms with van der Waals surface area (Å²) in [6.07, 6.45) is 3.96. The van der Waals surface area contributed by atoms with Crippen LogP contribution >= 0.6 is 0 Å². The Kier molecular flexibility index (Phi) is 7.31. The fourth-order valence-electron chi connectivity index (χ4n) is 9.07. The lowest BCUT2D eigenvalue weighted by molar-refractivity contribution is -0.199. The fourth-order valence-corrected chi connectivity index (χ4v) is 9.07. The first-order valence-electron chi connectivity index (χ1n) is 15.8. The van der Waals surface area contributed by atoms with Gasteiger partial charge in [-0.2, -0.15) is 9.77 Å². The van der Waals surface area contributed by atoms with E-state index in [0.29, 0.717) is 38.3 Å². The van der Waals surface area contributed by atoms with Gasteiger partial charge >= 0.3 is 5.97 Å². The molecule has 0 aromatic carbocycles. The SMILES string of the molecule is CC[C@]1(C)C[C@@H](OC(=O)c2nn(N)c3nc(N4CCNCC4)ncc3c2=O)[C@]2(C)C(C)CC[C@]3(CCC(=O)C32)[C@@H](C)[C@@H]1O. The maximum Gasteiger partial charge on any atom is 0.363 e. The number of ether oxygens (including phenoxy) is 1. The van der Waals surface area contributed by atoms with Crippen molar-refractivity contribution in [2.45, 2.75) is 85.4 Å². The zero-order valence-corrected chi connectivity index (χ0v) is 25.9. The number of hydrogen-bond donors (Lipinski definition) is 3. The van der Waals surface area contributed by atoms with E-state index < -0.39 is 40.1 Å². The van der Waals surface area contributed by atoms with Crippen molar-refractivity contribution >= 4 is 28.7 Å². The van der Waals surface area contributed by atoms with Gasteiger partial charge in [0, 0.05) is 50.1 Å². The third-order valence-corrected chi connectivity index (χ3v) is 12.2. The molecule has 0 amide bonds. The molecule has 8 atom stereocenters. The van der Waals surface area contributed by atoms with E-state index in [2.05, 4.69) is 41.2 Å². The van der Waals surface area contributed by atoms with Crippen LogP contribution in [0.5, 0.6) is 0 Å². The van der Waals surface area contributed by atoms with E-state index in [1.807, 2.05) is 18.7 Å². The molecule has 1 saturated heterocycles. The number of ketones is 1. The highest BCUT2D eigenvalue weighted by Crippen LogP contribution is 2.68. The maximum absolute atomic E-state index is 13.9. The van der Waals surface area contributed by atoms with Crippen LogP contribution in [-0.2, 0) is 9.53 Å². The first kappa shape index (κ1) is 29.9. The zero-order chi connectivity index (χ0) is 30.9. The molecule has 43 heavy (non-hydrogen) atoms. The minimum absolute atomic E-state index is 0.0740. The number of piperazine rings is 1. The van der Waals surface area contributed by atoms with Crippen LogP contribution < -0.4 is 21.5 Å². The number of Topliss-reactive ketones (excluding diaryl/α,β-unsaturated/α-hetero) is 1. The zero-order valence-electron chi connectivity index (χ0n) is 25.9. The molecule has 0 spiro atoms. The molecule has 4 fully saturated rings. The molecule has 3 aliphatic carbocycles. The van der Waals surface area contributed by atoms with E-state index in [9.17, 15) is 19.5 Å². The van der Waals surface area contributed by atoms with Crippen LogP contribution in [0.1, 0.15) is 83.6 Å². The molecule has 2 unspecified atom stereocenters. The molecule has 0 radical (unpaired) electrons. The molecule has 12 heteroatoms. The summed E-state index contributed by atoms with van der Waals surface area (Å²) in [6, 6.07) is 0. The Hall–Kier alpha value is -3.12. The number of anilines is 1. The highest BCUT2D eigenvalue weighted by Gasteiger charge is 2.68. The van der Waals surface area contributed by atoms with Crippen molar-refractivity contribution in [3.05, 3.63) is 22.1 Å². The summed E-state index contributed by atoms with van der Waals surface area (Å²) in [7, 11) is 0. The fraction of sp³-hybridized carbons (Fsp3) is 0.742. The predicted octanol–water partition coefficient (Wildman–Crippen LogP) is 2.05. The molecule has 234 valence electrons. The van der Waals surface area contributed by atoms with Gasteiger partial charge in [0.05, 0.1) is 11.5 Å². The van der Waals surface area contributed by atoms with Gasteiger partial charge in [-0.25, -0.2) is 9.78 Å². The highest BCUT2D eigenvalue weighted by molar-refractivity contribution is 5.91. The lowest BCUT2D eigenvalue weighted by Gasteiger charge is -2.62. The average molecular weight is 596 g/mol. The number of aliphatic hydroxyl groups excluding tert-OH is 1. The van der Waals surface area contributed by atoms with Crippen LogP contribution in [0.25, 0.3) is 11.0 Å². The molecule has 6 rings (SSSR count).